The molecule has 1 aromatic heterocycles. The lowest BCUT2D eigenvalue weighted by atomic mass is 10.0. The maximum atomic E-state index is 15.2. The van der Waals surface area contributed by atoms with Crippen LogP contribution in [-0.2, 0) is 16.1 Å². The molecule has 0 spiro atoms. The molecule has 160 valence electrons. The number of benzene rings is 1. The minimum absolute atomic E-state index is 0.175. The molecule has 30 heavy (non-hydrogen) atoms. The fourth-order valence-corrected chi connectivity index (χ4v) is 2.99. The van der Waals surface area contributed by atoms with E-state index in [1.165, 1.54) is 6.07 Å². The molecular weight excluding hydrogens is 393 g/mol. The van der Waals surface area contributed by atoms with Gasteiger partial charge in [-0.1, -0.05) is 18.2 Å². The number of nitrogens with zero attached hydrogens (tertiary/aromatic N) is 5. The number of carbonyl (C=O) groups excluding carboxylic acids is 1. The Morgan fingerprint density at radius 3 is 2.70 bits per heavy atom. The Kier molecular flexibility index (Phi) is 6.62. The number of hydrogen-bond donors (Lipinski definition) is 2. The Balaban J connectivity index is 1.91. The molecule has 1 amide bonds. The quantitative estimate of drug-likeness (QED) is 0.542. The van der Waals surface area contributed by atoms with Gasteiger partial charge in [-0.2, -0.15) is 4.98 Å². The highest BCUT2D eigenvalue weighted by Crippen LogP contribution is 2.32. The Morgan fingerprint density at radius 2 is 2.03 bits per heavy atom. The van der Waals surface area contributed by atoms with E-state index in [1.807, 2.05) is 19.0 Å². The van der Waals surface area contributed by atoms with E-state index in [4.69, 9.17) is 20.9 Å². The Morgan fingerprint density at radius 1 is 1.30 bits per heavy atom. The van der Waals surface area contributed by atoms with Crippen LogP contribution in [0.4, 0.5) is 21.0 Å². The van der Waals surface area contributed by atoms with Gasteiger partial charge in [-0.05, 0) is 0 Å². The van der Waals surface area contributed by atoms with E-state index in [-0.39, 0.29) is 12.2 Å². The summed E-state index contributed by atoms with van der Waals surface area (Å²) in [5, 5.41) is 0. The zero-order valence-corrected chi connectivity index (χ0v) is 16.8. The van der Waals surface area contributed by atoms with Crippen LogP contribution in [0.5, 0.6) is 0 Å². The lowest BCUT2D eigenvalue weighted by Crippen LogP contribution is -2.37. The average Bonchev–Trinajstić information content (AvgIpc) is 2.73. The molecule has 2 heterocycles. The van der Waals surface area contributed by atoms with Crippen LogP contribution in [-0.4, -0.2) is 62.4 Å². The molecule has 1 aromatic carbocycles. The van der Waals surface area contributed by atoms with Gasteiger partial charge in [0.1, 0.15) is 18.2 Å². The summed E-state index contributed by atoms with van der Waals surface area (Å²) >= 11 is 0. The largest absolute Gasteiger partial charge is 0.443 e. The molecule has 0 unspecified atom stereocenters. The fourth-order valence-electron chi connectivity index (χ4n) is 2.99. The number of morpholine rings is 1. The highest BCUT2D eigenvalue weighted by atomic mass is 19.1. The molecule has 2 aromatic rings. The summed E-state index contributed by atoms with van der Waals surface area (Å²) in [6, 6.07) is 4.80. The maximum absolute atomic E-state index is 15.2. The molecular formula is C19H24FN7O3. The van der Waals surface area contributed by atoms with Crippen molar-refractivity contribution in [2.45, 2.75) is 6.61 Å². The van der Waals surface area contributed by atoms with Crippen LogP contribution in [0.1, 0.15) is 5.56 Å². The summed E-state index contributed by atoms with van der Waals surface area (Å²) in [6.45, 7) is 2.28. The molecule has 0 radical (unpaired) electrons. The van der Waals surface area contributed by atoms with Crippen molar-refractivity contribution in [1.29, 1.82) is 0 Å². The van der Waals surface area contributed by atoms with Crippen LogP contribution in [0.2, 0.25) is 0 Å². The molecule has 3 rings (SSSR count). The number of amides is 1. The SMILES string of the molecule is CN(C)c1nc(N2CCOCC2)ncc1-c1cccc(COC(=O)N=C(N)N)c1F. The zero-order valence-electron chi connectivity index (χ0n) is 16.8. The third-order valence-electron chi connectivity index (χ3n) is 4.41. The lowest BCUT2D eigenvalue weighted by Gasteiger charge is -2.28. The van der Waals surface area contributed by atoms with E-state index in [9.17, 15) is 4.79 Å². The molecule has 0 saturated carbocycles. The minimum atomic E-state index is -0.994. The van der Waals surface area contributed by atoms with Gasteiger partial charge in [-0.25, -0.2) is 14.2 Å². The predicted octanol–water partition coefficient (Wildman–Crippen LogP) is 1.10. The number of aromatic nitrogens is 2. The smallest absolute Gasteiger partial charge is 0.437 e. The van der Waals surface area contributed by atoms with Gasteiger partial charge in [0.05, 0.1) is 13.2 Å². The maximum Gasteiger partial charge on any atom is 0.437 e. The van der Waals surface area contributed by atoms with Crippen LogP contribution in [0, 0.1) is 5.82 Å². The Labute approximate surface area is 173 Å². The number of aliphatic imine (C=N–C) groups is 1. The molecule has 1 saturated heterocycles. The summed E-state index contributed by atoms with van der Waals surface area (Å²) in [5.74, 6) is 0.164. The number of nitrogens with two attached hydrogens (primary N) is 2. The van der Waals surface area contributed by atoms with Gasteiger partial charge in [-0.3, -0.25) is 0 Å². The summed E-state index contributed by atoms with van der Waals surface area (Å²) in [4.78, 5) is 27.6. The number of guanidine groups is 1. The summed E-state index contributed by atoms with van der Waals surface area (Å²) in [6.07, 6.45) is 0.604. The van der Waals surface area contributed by atoms with Gasteiger partial charge in [0.15, 0.2) is 5.96 Å². The zero-order chi connectivity index (χ0) is 21.7. The number of hydrogen-bond acceptors (Lipinski definition) is 7. The van der Waals surface area contributed by atoms with Crippen molar-refractivity contribution < 1.29 is 18.7 Å². The van der Waals surface area contributed by atoms with Gasteiger partial charge < -0.3 is 30.7 Å². The number of ether oxygens (including phenoxy) is 2. The minimum Gasteiger partial charge on any atom is -0.443 e. The van der Waals surface area contributed by atoms with Crippen LogP contribution in [0.3, 0.4) is 0 Å². The summed E-state index contributed by atoms with van der Waals surface area (Å²) in [5.41, 5.74) is 11.2. The van der Waals surface area contributed by atoms with Crippen LogP contribution >= 0.6 is 0 Å². The fraction of sp³-hybridized carbons (Fsp3) is 0.368. The van der Waals surface area contributed by atoms with E-state index in [0.717, 1.165) is 0 Å². The van der Waals surface area contributed by atoms with E-state index < -0.39 is 17.9 Å². The van der Waals surface area contributed by atoms with Gasteiger partial charge in [0.2, 0.25) is 5.95 Å². The molecule has 1 aliphatic rings. The predicted molar refractivity (Wildman–Crippen MR) is 111 cm³/mol. The monoisotopic (exact) mass is 417 g/mol. The van der Waals surface area contributed by atoms with Gasteiger partial charge >= 0.3 is 6.09 Å². The van der Waals surface area contributed by atoms with Gasteiger partial charge in [0.25, 0.3) is 0 Å². The normalized spacial score (nSPS) is 13.6. The van der Waals surface area contributed by atoms with Crippen molar-refractivity contribution in [3.63, 3.8) is 0 Å². The average molecular weight is 417 g/mol. The van der Waals surface area contributed by atoms with Crippen molar-refractivity contribution >= 4 is 23.8 Å². The first kappa shape index (κ1) is 21.2. The second kappa shape index (κ2) is 9.35. The molecule has 1 aliphatic heterocycles. The third kappa shape index (κ3) is 4.92. The summed E-state index contributed by atoms with van der Waals surface area (Å²) < 4.78 is 25.5. The molecule has 4 N–H and O–H groups in total. The van der Waals surface area contributed by atoms with Crippen LogP contribution in [0.15, 0.2) is 29.4 Å². The van der Waals surface area contributed by atoms with Crippen molar-refractivity contribution in [2.75, 3.05) is 50.2 Å². The molecule has 10 nitrogen and oxygen atoms in total. The molecule has 0 aliphatic carbocycles. The second-order valence-corrected chi connectivity index (χ2v) is 6.77. The topological polar surface area (TPSA) is 132 Å². The second-order valence-electron chi connectivity index (χ2n) is 6.77. The third-order valence-corrected chi connectivity index (χ3v) is 4.41. The number of rotatable bonds is 5. The highest BCUT2D eigenvalue weighted by molar-refractivity contribution is 5.87. The van der Waals surface area contributed by atoms with Crippen molar-refractivity contribution in [1.82, 2.24) is 9.97 Å². The van der Waals surface area contributed by atoms with E-state index >= 15 is 4.39 Å². The van der Waals surface area contributed by atoms with Crippen molar-refractivity contribution in [3.05, 3.63) is 35.8 Å². The first-order valence-corrected chi connectivity index (χ1v) is 9.28. The first-order valence-electron chi connectivity index (χ1n) is 9.28. The molecule has 11 heteroatoms. The molecule has 1 fully saturated rings. The van der Waals surface area contributed by atoms with Gasteiger partial charge in [-0.15, -0.1) is 4.99 Å². The number of anilines is 2. The molecule has 0 atom stereocenters. The van der Waals surface area contributed by atoms with Crippen molar-refractivity contribution in [2.24, 2.45) is 16.5 Å². The van der Waals surface area contributed by atoms with E-state index in [0.29, 0.717) is 49.2 Å². The summed E-state index contributed by atoms with van der Waals surface area (Å²) in [7, 11) is 3.65. The van der Waals surface area contributed by atoms with E-state index in [2.05, 4.69) is 15.0 Å². The lowest BCUT2D eigenvalue weighted by molar-refractivity contribution is 0.122. The van der Waals surface area contributed by atoms with E-state index in [1.54, 1.807) is 23.2 Å². The first-order chi connectivity index (χ1) is 14.4. The number of carbonyl (C=O) groups is 1. The highest BCUT2D eigenvalue weighted by Gasteiger charge is 2.20. The number of halogens is 1. The van der Waals surface area contributed by atoms with Crippen LogP contribution in [0.25, 0.3) is 11.1 Å². The van der Waals surface area contributed by atoms with Gasteiger partial charge in [0, 0.05) is 50.1 Å². The molecule has 0 bridgehead atoms. The Hall–Kier alpha value is -3.47. The van der Waals surface area contributed by atoms with Crippen LogP contribution < -0.4 is 21.3 Å². The standard InChI is InChI=1S/C19H24FN7O3/c1-26(2)16-14(10-23-18(24-16)27-6-8-29-9-7-27)13-5-3-4-12(15(13)20)11-30-19(28)25-17(21)22/h3-5,10H,6-9,11H2,1-2H3,(H4,21,22,25,28). The Bertz CT molecular complexity index is 942. The van der Waals surface area contributed by atoms with Crippen molar-refractivity contribution in [3.8, 4) is 11.1 Å².